The van der Waals surface area contributed by atoms with Crippen molar-refractivity contribution in [3.05, 3.63) is 59.8 Å². The van der Waals surface area contributed by atoms with Crippen molar-refractivity contribution >= 4 is 29.5 Å². The summed E-state index contributed by atoms with van der Waals surface area (Å²) in [4.78, 5) is 35.8. The second-order valence-electron chi connectivity index (χ2n) is 6.13. The van der Waals surface area contributed by atoms with Gasteiger partial charge in [-0.2, -0.15) is 0 Å². The molecule has 1 aliphatic heterocycles. The third kappa shape index (κ3) is 5.83. The van der Waals surface area contributed by atoms with Gasteiger partial charge in [0.2, 0.25) is 5.91 Å². The summed E-state index contributed by atoms with van der Waals surface area (Å²) in [7, 11) is 0. The van der Waals surface area contributed by atoms with E-state index in [2.05, 4.69) is 10.6 Å². The average Bonchev–Trinajstić information content (AvgIpc) is 2.72. The molecule has 8 nitrogen and oxygen atoms in total. The van der Waals surface area contributed by atoms with Crippen LogP contribution in [-0.4, -0.2) is 37.6 Å². The molecule has 2 aromatic carbocycles. The molecular formula is C21H20N2O6. The molecule has 0 saturated heterocycles. The first-order chi connectivity index (χ1) is 14.0. The summed E-state index contributed by atoms with van der Waals surface area (Å²) in [5.74, 6) is -0.639. The number of esters is 1. The predicted molar refractivity (Wildman–Crippen MR) is 105 cm³/mol. The molecule has 0 atom stereocenters. The molecule has 0 bridgehead atoms. The summed E-state index contributed by atoms with van der Waals surface area (Å²) < 4.78 is 15.9. The Labute approximate surface area is 167 Å². The summed E-state index contributed by atoms with van der Waals surface area (Å²) in [5, 5.41) is 5.04. The highest BCUT2D eigenvalue weighted by Gasteiger charge is 2.16. The smallest absolute Gasteiger partial charge is 0.355 e. The Morgan fingerprint density at radius 2 is 1.76 bits per heavy atom. The Bertz CT molecular complexity index is 939. The number of fused-ring (bicyclic) bond motifs is 1. The fourth-order valence-electron chi connectivity index (χ4n) is 2.58. The van der Waals surface area contributed by atoms with Gasteiger partial charge in [0.15, 0.2) is 18.1 Å². The average molecular weight is 396 g/mol. The van der Waals surface area contributed by atoms with E-state index >= 15 is 0 Å². The van der Waals surface area contributed by atoms with E-state index in [9.17, 15) is 14.4 Å². The Hall–Kier alpha value is -3.81. The second-order valence-corrected chi connectivity index (χ2v) is 6.13. The number of carbonyl (C=O) groups excluding carboxylic acids is 3. The lowest BCUT2D eigenvalue weighted by Crippen LogP contribution is -2.28. The van der Waals surface area contributed by atoms with Crippen LogP contribution >= 0.6 is 0 Å². The fourth-order valence-corrected chi connectivity index (χ4v) is 2.58. The Morgan fingerprint density at radius 3 is 2.48 bits per heavy atom. The van der Waals surface area contributed by atoms with E-state index in [1.54, 1.807) is 42.5 Å². The van der Waals surface area contributed by atoms with Crippen LogP contribution in [-0.2, 0) is 19.1 Å². The molecule has 150 valence electrons. The molecule has 0 aromatic heterocycles. The molecule has 2 aromatic rings. The van der Waals surface area contributed by atoms with E-state index in [0.29, 0.717) is 36.0 Å². The molecule has 3 rings (SSSR count). The number of rotatable bonds is 6. The van der Waals surface area contributed by atoms with Crippen molar-refractivity contribution in [1.29, 1.82) is 0 Å². The molecule has 0 unspecified atom stereocenters. The van der Waals surface area contributed by atoms with Gasteiger partial charge in [0.1, 0.15) is 18.9 Å². The molecule has 2 N–H and O–H groups in total. The van der Waals surface area contributed by atoms with Crippen molar-refractivity contribution in [2.45, 2.75) is 6.92 Å². The number of anilines is 1. The zero-order valence-corrected chi connectivity index (χ0v) is 15.8. The lowest BCUT2D eigenvalue weighted by Gasteiger charge is -2.19. The van der Waals surface area contributed by atoms with Crippen molar-refractivity contribution in [3.8, 4) is 11.5 Å². The van der Waals surface area contributed by atoms with Crippen molar-refractivity contribution < 1.29 is 28.6 Å². The SMILES string of the molecule is CC(=O)NC(=Cc1ccccc1)C(=O)OCC(=O)Nc1ccc2c(c1)OCCO2. The van der Waals surface area contributed by atoms with Gasteiger partial charge in [0.25, 0.3) is 5.91 Å². The molecule has 1 aliphatic rings. The summed E-state index contributed by atoms with van der Waals surface area (Å²) in [5.41, 5.74) is 1.13. The molecule has 0 radical (unpaired) electrons. The number of nitrogens with one attached hydrogen (secondary N) is 2. The quantitative estimate of drug-likeness (QED) is 0.573. The second kappa shape index (κ2) is 9.41. The van der Waals surface area contributed by atoms with E-state index in [4.69, 9.17) is 14.2 Å². The zero-order chi connectivity index (χ0) is 20.6. The molecule has 0 fully saturated rings. The highest BCUT2D eigenvalue weighted by Crippen LogP contribution is 2.32. The third-order valence-corrected chi connectivity index (χ3v) is 3.80. The topological polar surface area (TPSA) is 103 Å². The first kappa shape index (κ1) is 19.9. The summed E-state index contributed by atoms with van der Waals surface area (Å²) in [6.07, 6.45) is 1.47. The van der Waals surface area contributed by atoms with Crippen molar-refractivity contribution in [2.75, 3.05) is 25.1 Å². The Kier molecular flexibility index (Phi) is 6.47. The minimum atomic E-state index is -0.818. The van der Waals surface area contributed by atoms with Crippen molar-refractivity contribution in [2.24, 2.45) is 0 Å². The normalized spacial score (nSPS) is 12.7. The third-order valence-electron chi connectivity index (χ3n) is 3.80. The maximum absolute atomic E-state index is 12.3. The minimum Gasteiger partial charge on any atom is -0.486 e. The number of hydrogen-bond acceptors (Lipinski definition) is 6. The van der Waals surface area contributed by atoms with Crippen molar-refractivity contribution in [3.63, 3.8) is 0 Å². The van der Waals surface area contributed by atoms with Gasteiger partial charge >= 0.3 is 5.97 Å². The molecule has 29 heavy (non-hydrogen) atoms. The van der Waals surface area contributed by atoms with E-state index < -0.39 is 24.4 Å². The van der Waals surface area contributed by atoms with Crippen LogP contribution in [0.4, 0.5) is 5.69 Å². The van der Waals surface area contributed by atoms with Gasteiger partial charge in [-0.25, -0.2) is 4.79 Å². The first-order valence-electron chi connectivity index (χ1n) is 8.92. The number of hydrogen-bond donors (Lipinski definition) is 2. The van der Waals surface area contributed by atoms with Crippen LogP contribution in [0.1, 0.15) is 12.5 Å². The molecule has 0 saturated carbocycles. The number of benzene rings is 2. The molecule has 1 heterocycles. The fraction of sp³-hybridized carbons (Fsp3) is 0.190. The predicted octanol–water partition coefficient (Wildman–Crippen LogP) is 2.12. The Balaban J connectivity index is 1.59. The Morgan fingerprint density at radius 1 is 1.03 bits per heavy atom. The van der Waals surface area contributed by atoms with Crippen LogP contribution in [0, 0.1) is 0 Å². The first-order valence-corrected chi connectivity index (χ1v) is 8.92. The van der Waals surface area contributed by atoms with E-state index in [1.807, 2.05) is 6.07 Å². The van der Waals surface area contributed by atoms with E-state index in [1.165, 1.54) is 13.0 Å². The number of carbonyl (C=O) groups is 3. The van der Waals surface area contributed by atoms with Gasteiger partial charge in [-0.3, -0.25) is 9.59 Å². The van der Waals surface area contributed by atoms with Gasteiger partial charge in [0.05, 0.1) is 0 Å². The highest BCUT2D eigenvalue weighted by molar-refractivity contribution is 5.99. The highest BCUT2D eigenvalue weighted by atomic mass is 16.6. The van der Waals surface area contributed by atoms with Crippen LogP contribution in [0.3, 0.4) is 0 Å². The van der Waals surface area contributed by atoms with E-state index in [-0.39, 0.29) is 5.70 Å². The molecular weight excluding hydrogens is 376 g/mol. The van der Waals surface area contributed by atoms with Crippen LogP contribution in [0.15, 0.2) is 54.2 Å². The largest absolute Gasteiger partial charge is 0.486 e. The maximum Gasteiger partial charge on any atom is 0.355 e. The zero-order valence-electron chi connectivity index (χ0n) is 15.8. The van der Waals surface area contributed by atoms with Gasteiger partial charge in [-0.15, -0.1) is 0 Å². The van der Waals surface area contributed by atoms with Gasteiger partial charge < -0.3 is 24.8 Å². The van der Waals surface area contributed by atoms with Gasteiger partial charge in [-0.05, 0) is 23.8 Å². The molecule has 8 heteroatoms. The molecule has 0 aliphatic carbocycles. The van der Waals surface area contributed by atoms with Crippen molar-refractivity contribution in [1.82, 2.24) is 5.32 Å². The van der Waals surface area contributed by atoms with E-state index in [0.717, 1.165) is 0 Å². The molecule has 2 amide bonds. The van der Waals surface area contributed by atoms with Crippen LogP contribution < -0.4 is 20.1 Å². The van der Waals surface area contributed by atoms with Gasteiger partial charge in [0, 0.05) is 18.7 Å². The monoisotopic (exact) mass is 396 g/mol. The molecule has 0 spiro atoms. The maximum atomic E-state index is 12.3. The van der Waals surface area contributed by atoms with Gasteiger partial charge in [-0.1, -0.05) is 30.3 Å². The lowest BCUT2D eigenvalue weighted by molar-refractivity contribution is -0.144. The number of amides is 2. The van der Waals surface area contributed by atoms with Crippen LogP contribution in [0.5, 0.6) is 11.5 Å². The standard InChI is InChI=1S/C21H20N2O6/c1-14(24)22-17(11-15-5-3-2-4-6-15)21(26)29-13-20(25)23-16-7-8-18-19(12-16)28-10-9-27-18/h2-8,11-12H,9-10,13H2,1H3,(H,22,24)(H,23,25). The van der Waals surface area contributed by atoms with Crippen LogP contribution in [0.2, 0.25) is 0 Å². The lowest BCUT2D eigenvalue weighted by atomic mass is 10.2. The number of ether oxygens (including phenoxy) is 3. The van der Waals surface area contributed by atoms with Crippen LogP contribution in [0.25, 0.3) is 6.08 Å². The summed E-state index contributed by atoms with van der Waals surface area (Å²) >= 11 is 0. The minimum absolute atomic E-state index is 0.0594. The summed E-state index contributed by atoms with van der Waals surface area (Å²) in [6.45, 7) is 1.67. The summed E-state index contributed by atoms with van der Waals surface area (Å²) in [6, 6.07) is 13.9.